The summed E-state index contributed by atoms with van der Waals surface area (Å²) < 4.78 is 26.1. The molecule has 2 N–H and O–H groups in total. The van der Waals surface area contributed by atoms with Crippen molar-refractivity contribution < 1.29 is 13.2 Å². The van der Waals surface area contributed by atoms with Gasteiger partial charge in [0.25, 0.3) is 10.0 Å². The number of nitrogens with zero attached hydrogens (tertiary/aromatic N) is 1. The monoisotopic (exact) mass is 263 g/mol. The Bertz CT molecular complexity index is 467. The predicted molar refractivity (Wildman–Crippen MR) is 62.0 cm³/mol. The van der Waals surface area contributed by atoms with E-state index in [1.54, 1.807) is 6.92 Å². The predicted octanol–water partition coefficient (Wildman–Crippen LogP) is 0.572. The third-order valence-corrected chi connectivity index (χ3v) is 4.88. The van der Waals surface area contributed by atoms with Gasteiger partial charge in [0.2, 0.25) is 6.41 Å². The molecule has 90 valence electrons. The first kappa shape index (κ1) is 13.1. The van der Waals surface area contributed by atoms with Gasteiger partial charge in [-0.2, -0.15) is 0 Å². The molecule has 1 heterocycles. The van der Waals surface area contributed by atoms with E-state index in [1.165, 1.54) is 0 Å². The van der Waals surface area contributed by atoms with E-state index in [2.05, 4.69) is 15.0 Å². The lowest BCUT2D eigenvalue weighted by atomic mass is 10.4. The third-order valence-electron chi connectivity index (χ3n) is 1.76. The first-order chi connectivity index (χ1) is 7.55. The first-order valence-corrected chi connectivity index (χ1v) is 7.04. The van der Waals surface area contributed by atoms with Crippen LogP contribution in [0.1, 0.15) is 19.5 Å². The number of rotatable bonds is 6. The molecule has 16 heavy (non-hydrogen) atoms. The first-order valence-electron chi connectivity index (χ1n) is 4.74. The molecule has 1 aromatic rings. The van der Waals surface area contributed by atoms with E-state index in [1.807, 2.05) is 6.92 Å². The number of amides is 1. The van der Waals surface area contributed by atoms with Gasteiger partial charge in [-0.3, -0.25) is 4.79 Å². The largest absolute Gasteiger partial charge is 0.305 e. The topological polar surface area (TPSA) is 88.2 Å². The summed E-state index contributed by atoms with van der Waals surface area (Å²) in [4.78, 5) is 14.3. The highest BCUT2D eigenvalue weighted by molar-refractivity contribution is 7.91. The highest BCUT2D eigenvalue weighted by Gasteiger charge is 2.22. The summed E-state index contributed by atoms with van der Waals surface area (Å²) >= 11 is 0.952. The number of thiazole rings is 1. The number of hydrogen-bond donors (Lipinski definition) is 2. The van der Waals surface area contributed by atoms with Crippen LogP contribution in [0.5, 0.6) is 0 Å². The van der Waals surface area contributed by atoms with E-state index in [0.29, 0.717) is 30.2 Å². The van der Waals surface area contributed by atoms with Crippen LogP contribution in [0, 0.1) is 0 Å². The van der Waals surface area contributed by atoms with Crippen LogP contribution in [-0.4, -0.2) is 26.4 Å². The van der Waals surface area contributed by atoms with E-state index in [-0.39, 0.29) is 4.21 Å². The standard InChI is InChI=1S/C8H13N3O3S2/c1-3-6-7(16(13,14)10-4-2)15-8(11-6)9-5-12/h5,10H,3-4H2,1-2H3,(H,9,11,12). The molecule has 6 nitrogen and oxygen atoms in total. The third kappa shape index (κ3) is 2.77. The molecule has 0 saturated heterocycles. The summed E-state index contributed by atoms with van der Waals surface area (Å²) in [7, 11) is -3.50. The lowest BCUT2D eigenvalue weighted by Crippen LogP contribution is -2.23. The molecule has 1 amide bonds. The number of sulfonamides is 1. The number of aryl methyl sites for hydroxylation is 1. The Morgan fingerprint density at radius 2 is 2.12 bits per heavy atom. The van der Waals surface area contributed by atoms with Crippen molar-refractivity contribution in [2.75, 3.05) is 11.9 Å². The van der Waals surface area contributed by atoms with Gasteiger partial charge in [0, 0.05) is 6.54 Å². The van der Waals surface area contributed by atoms with Gasteiger partial charge in [0.05, 0.1) is 5.69 Å². The molecule has 0 spiro atoms. The highest BCUT2D eigenvalue weighted by Crippen LogP contribution is 2.27. The average Bonchev–Trinajstić information content (AvgIpc) is 2.62. The number of carbonyl (C=O) groups is 1. The summed E-state index contributed by atoms with van der Waals surface area (Å²) in [5, 5.41) is 2.65. The molecule has 0 aliphatic heterocycles. The van der Waals surface area contributed by atoms with E-state index in [4.69, 9.17) is 0 Å². The zero-order valence-corrected chi connectivity index (χ0v) is 10.6. The van der Waals surface area contributed by atoms with E-state index in [0.717, 1.165) is 11.3 Å². The average molecular weight is 263 g/mol. The van der Waals surface area contributed by atoms with E-state index in [9.17, 15) is 13.2 Å². The second-order valence-electron chi connectivity index (χ2n) is 2.87. The molecular weight excluding hydrogens is 250 g/mol. The summed E-state index contributed by atoms with van der Waals surface area (Å²) in [6.07, 6.45) is 0.971. The molecule has 8 heteroatoms. The van der Waals surface area contributed by atoms with Crippen LogP contribution in [0.25, 0.3) is 0 Å². The highest BCUT2D eigenvalue weighted by atomic mass is 32.2. The number of anilines is 1. The van der Waals surface area contributed by atoms with Crippen molar-refractivity contribution in [1.82, 2.24) is 9.71 Å². The van der Waals surface area contributed by atoms with Gasteiger partial charge in [-0.1, -0.05) is 25.2 Å². The fourth-order valence-electron chi connectivity index (χ4n) is 1.14. The van der Waals surface area contributed by atoms with Crippen molar-refractivity contribution in [3.8, 4) is 0 Å². The molecular formula is C8H13N3O3S2. The van der Waals surface area contributed by atoms with E-state index < -0.39 is 10.0 Å². The molecule has 0 saturated carbocycles. The molecule has 0 aliphatic rings. The normalized spacial score (nSPS) is 11.4. The van der Waals surface area contributed by atoms with Gasteiger partial charge in [0.15, 0.2) is 9.34 Å². The fraction of sp³-hybridized carbons (Fsp3) is 0.500. The maximum atomic E-state index is 11.8. The maximum absolute atomic E-state index is 11.8. The van der Waals surface area contributed by atoms with Gasteiger partial charge in [-0.25, -0.2) is 18.1 Å². The molecule has 0 aliphatic carbocycles. The SMILES string of the molecule is CCNS(=O)(=O)c1sc(NC=O)nc1CC. The lowest BCUT2D eigenvalue weighted by molar-refractivity contribution is -0.105. The fourth-order valence-corrected chi connectivity index (χ4v) is 3.75. The number of hydrogen-bond acceptors (Lipinski definition) is 5. The molecule has 0 unspecified atom stereocenters. The second kappa shape index (κ2) is 5.37. The van der Waals surface area contributed by atoms with Gasteiger partial charge in [0.1, 0.15) is 0 Å². The summed E-state index contributed by atoms with van der Waals surface area (Å²) in [6, 6.07) is 0. The summed E-state index contributed by atoms with van der Waals surface area (Å²) in [6.45, 7) is 3.83. The van der Waals surface area contributed by atoms with Crippen LogP contribution in [0.3, 0.4) is 0 Å². The number of nitrogens with one attached hydrogen (secondary N) is 2. The summed E-state index contributed by atoms with van der Waals surface area (Å²) in [5.74, 6) is 0. The van der Waals surface area contributed by atoms with Gasteiger partial charge >= 0.3 is 0 Å². The Balaban J connectivity index is 3.16. The second-order valence-corrected chi connectivity index (χ2v) is 5.83. The summed E-state index contributed by atoms with van der Waals surface area (Å²) in [5.41, 5.74) is 0.468. The Morgan fingerprint density at radius 1 is 1.44 bits per heavy atom. The zero-order valence-electron chi connectivity index (χ0n) is 8.98. The minimum atomic E-state index is -3.50. The number of carbonyl (C=O) groups excluding carboxylic acids is 1. The number of aromatic nitrogens is 1. The Hall–Kier alpha value is -0.990. The van der Waals surface area contributed by atoms with Crippen molar-refractivity contribution in [2.45, 2.75) is 24.5 Å². The van der Waals surface area contributed by atoms with Crippen molar-refractivity contribution in [3.63, 3.8) is 0 Å². The molecule has 0 fully saturated rings. The molecule has 0 aromatic carbocycles. The van der Waals surface area contributed by atoms with Crippen LogP contribution in [0.4, 0.5) is 5.13 Å². The van der Waals surface area contributed by atoms with Gasteiger partial charge in [-0.15, -0.1) is 0 Å². The molecule has 0 bridgehead atoms. The van der Waals surface area contributed by atoms with Crippen molar-refractivity contribution >= 4 is 32.9 Å². The zero-order chi connectivity index (χ0) is 12.2. The van der Waals surface area contributed by atoms with Crippen LogP contribution in [0.2, 0.25) is 0 Å². The maximum Gasteiger partial charge on any atom is 0.252 e. The van der Waals surface area contributed by atoms with Crippen molar-refractivity contribution in [3.05, 3.63) is 5.69 Å². The van der Waals surface area contributed by atoms with Crippen LogP contribution in [-0.2, 0) is 21.2 Å². The molecule has 0 atom stereocenters. The van der Waals surface area contributed by atoms with Crippen LogP contribution in [0.15, 0.2) is 4.21 Å². The van der Waals surface area contributed by atoms with Gasteiger partial charge < -0.3 is 5.32 Å². The van der Waals surface area contributed by atoms with Crippen molar-refractivity contribution in [2.24, 2.45) is 0 Å². The Kier molecular flexibility index (Phi) is 4.39. The van der Waals surface area contributed by atoms with E-state index >= 15 is 0 Å². The quantitative estimate of drug-likeness (QED) is 0.734. The Morgan fingerprint density at radius 3 is 2.62 bits per heavy atom. The van der Waals surface area contributed by atoms with Crippen LogP contribution >= 0.6 is 11.3 Å². The van der Waals surface area contributed by atoms with Gasteiger partial charge in [-0.05, 0) is 6.42 Å². The minimum Gasteiger partial charge on any atom is -0.305 e. The lowest BCUT2D eigenvalue weighted by Gasteiger charge is -2.01. The molecule has 0 radical (unpaired) electrons. The molecule has 1 rings (SSSR count). The smallest absolute Gasteiger partial charge is 0.252 e. The Labute approximate surface area is 98.1 Å². The minimum absolute atomic E-state index is 0.168. The van der Waals surface area contributed by atoms with Crippen LogP contribution < -0.4 is 10.0 Å². The molecule has 1 aromatic heterocycles. The van der Waals surface area contributed by atoms with Crippen molar-refractivity contribution in [1.29, 1.82) is 0 Å².